The normalized spacial score (nSPS) is 17.8. The van der Waals surface area contributed by atoms with Crippen LogP contribution in [0, 0.1) is 18.8 Å². The van der Waals surface area contributed by atoms with Crippen molar-refractivity contribution in [1.29, 1.82) is 0 Å². The maximum Gasteiger partial charge on any atom is 0.224 e. The van der Waals surface area contributed by atoms with Gasteiger partial charge in [0.05, 0.1) is 5.69 Å². The van der Waals surface area contributed by atoms with Gasteiger partial charge in [0.1, 0.15) is 5.82 Å². The average Bonchev–Trinajstić information content (AvgIpc) is 2.62. The molecule has 2 N–H and O–H groups in total. The van der Waals surface area contributed by atoms with Gasteiger partial charge in [0.25, 0.3) is 0 Å². The van der Waals surface area contributed by atoms with Crippen LogP contribution in [0.3, 0.4) is 0 Å². The summed E-state index contributed by atoms with van der Waals surface area (Å²) in [5.41, 5.74) is 2.66. The fraction of sp³-hybridized carbons (Fsp3) is 0.450. The molecular weight excluding hydrogens is 348 g/mol. The molecule has 1 aromatic carbocycles. The van der Waals surface area contributed by atoms with E-state index in [1.165, 1.54) is 12.8 Å². The summed E-state index contributed by atoms with van der Waals surface area (Å²) in [6.07, 6.45) is 4.73. The number of hydrogen-bond donors (Lipinski definition) is 2. The lowest BCUT2D eigenvalue weighted by molar-refractivity contribution is -0.117. The fourth-order valence-corrected chi connectivity index (χ4v) is 3.41. The maximum atomic E-state index is 12.4. The van der Waals surface area contributed by atoms with E-state index >= 15 is 0 Å². The van der Waals surface area contributed by atoms with Crippen LogP contribution in [-0.2, 0) is 4.79 Å². The molecule has 2 heterocycles. The van der Waals surface area contributed by atoms with Crippen molar-refractivity contribution in [2.24, 2.45) is 11.8 Å². The number of benzene rings is 1. The van der Waals surface area contributed by atoms with E-state index in [0.717, 1.165) is 35.9 Å². The number of hydrogen-bond acceptors (Lipinski definition) is 4. The molecule has 26 heavy (non-hydrogen) atoms. The Morgan fingerprint density at radius 2 is 2.23 bits per heavy atom. The molecule has 0 spiro atoms. The summed E-state index contributed by atoms with van der Waals surface area (Å²) < 4.78 is 0. The van der Waals surface area contributed by atoms with E-state index in [2.05, 4.69) is 27.5 Å². The maximum absolute atomic E-state index is 12.4. The van der Waals surface area contributed by atoms with Crippen molar-refractivity contribution in [2.45, 2.75) is 33.1 Å². The lowest BCUT2D eigenvalue weighted by atomic mass is 9.85. The third-order valence-electron chi connectivity index (χ3n) is 4.87. The largest absolute Gasteiger partial charge is 0.326 e. The highest BCUT2D eigenvalue weighted by atomic mass is 35.5. The van der Waals surface area contributed by atoms with Crippen LogP contribution in [0.5, 0.6) is 0 Å². The first-order valence-electron chi connectivity index (χ1n) is 9.02. The third kappa shape index (κ3) is 5.51. The molecule has 1 aliphatic heterocycles. The van der Waals surface area contributed by atoms with Crippen molar-refractivity contribution >= 4 is 24.0 Å². The van der Waals surface area contributed by atoms with Crippen molar-refractivity contribution in [1.82, 2.24) is 15.3 Å². The van der Waals surface area contributed by atoms with E-state index in [-0.39, 0.29) is 18.3 Å². The smallest absolute Gasteiger partial charge is 0.224 e. The molecule has 0 aliphatic carbocycles. The van der Waals surface area contributed by atoms with E-state index < -0.39 is 0 Å². The van der Waals surface area contributed by atoms with Crippen LogP contribution in [0.25, 0.3) is 11.3 Å². The molecule has 2 atom stereocenters. The molecule has 2 unspecified atom stereocenters. The SMILES string of the molecule is Cc1nccc(-c2cccc(NC(=O)CC(C)C3CCCNC3)c2)n1.Cl. The minimum Gasteiger partial charge on any atom is -0.326 e. The molecule has 2 aromatic rings. The number of piperidine rings is 1. The molecule has 1 aromatic heterocycles. The fourth-order valence-electron chi connectivity index (χ4n) is 3.41. The molecule has 6 heteroatoms. The van der Waals surface area contributed by atoms with Crippen molar-refractivity contribution in [2.75, 3.05) is 18.4 Å². The molecule has 1 saturated heterocycles. The molecule has 0 saturated carbocycles. The summed E-state index contributed by atoms with van der Waals surface area (Å²) in [5, 5.41) is 6.46. The molecule has 1 fully saturated rings. The van der Waals surface area contributed by atoms with Gasteiger partial charge in [-0.3, -0.25) is 4.79 Å². The monoisotopic (exact) mass is 374 g/mol. The zero-order valence-electron chi connectivity index (χ0n) is 15.4. The summed E-state index contributed by atoms with van der Waals surface area (Å²) in [4.78, 5) is 21.0. The molecular formula is C20H27ClN4O. The number of amides is 1. The van der Waals surface area contributed by atoms with E-state index in [4.69, 9.17) is 0 Å². The highest BCUT2D eigenvalue weighted by molar-refractivity contribution is 5.91. The van der Waals surface area contributed by atoms with Crippen LogP contribution in [0.4, 0.5) is 5.69 Å². The molecule has 0 radical (unpaired) electrons. The number of carbonyl (C=O) groups excluding carboxylic acids is 1. The predicted octanol–water partition coefficient (Wildman–Crippen LogP) is 3.84. The van der Waals surface area contributed by atoms with Crippen LogP contribution in [0.1, 0.15) is 32.0 Å². The van der Waals surface area contributed by atoms with Crippen LogP contribution in [-0.4, -0.2) is 29.0 Å². The number of halogens is 1. The number of aromatic nitrogens is 2. The highest BCUT2D eigenvalue weighted by Crippen LogP contribution is 2.24. The van der Waals surface area contributed by atoms with Crippen molar-refractivity contribution in [3.05, 3.63) is 42.4 Å². The van der Waals surface area contributed by atoms with Gasteiger partial charge in [-0.1, -0.05) is 19.1 Å². The second kappa shape index (κ2) is 9.64. The molecule has 0 bridgehead atoms. The standard InChI is InChI=1S/C20H26N4O.ClH/c1-14(17-6-4-9-21-13-17)11-20(25)24-18-7-3-5-16(12-18)19-8-10-22-15(2)23-19;/h3,5,7-8,10,12,14,17,21H,4,6,9,11,13H2,1-2H3,(H,24,25);1H. The first kappa shape index (κ1) is 20.3. The van der Waals surface area contributed by atoms with Crippen LogP contribution in [0.15, 0.2) is 36.5 Å². The predicted molar refractivity (Wildman–Crippen MR) is 107 cm³/mol. The summed E-state index contributed by atoms with van der Waals surface area (Å²) in [6.45, 7) is 6.18. The minimum atomic E-state index is 0. The number of rotatable bonds is 5. The van der Waals surface area contributed by atoms with E-state index in [1.54, 1.807) is 6.20 Å². The number of nitrogens with zero attached hydrogens (tertiary/aromatic N) is 2. The van der Waals surface area contributed by atoms with Gasteiger partial charge in [-0.25, -0.2) is 9.97 Å². The van der Waals surface area contributed by atoms with Gasteiger partial charge in [0, 0.05) is 23.9 Å². The Hall–Kier alpha value is -1.98. The summed E-state index contributed by atoms with van der Waals surface area (Å²) in [5.74, 6) is 1.80. The Labute approximate surface area is 161 Å². The van der Waals surface area contributed by atoms with Crippen molar-refractivity contribution in [3.63, 3.8) is 0 Å². The van der Waals surface area contributed by atoms with Gasteiger partial charge in [0.15, 0.2) is 0 Å². The Kier molecular flexibility index (Phi) is 7.54. The Morgan fingerprint density at radius 1 is 1.38 bits per heavy atom. The van der Waals surface area contributed by atoms with Crippen LogP contribution < -0.4 is 10.6 Å². The summed E-state index contributed by atoms with van der Waals surface area (Å²) >= 11 is 0. The number of nitrogens with one attached hydrogen (secondary N) is 2. The van der Waals surface area contributed by atoms with Gasteiger partial charge in [0.2, 0.25) is 5.91 Å². The van der Waals surface area contributed by atoms with Crippen molar-refractivity contribution < 1.29 is 4.79 Å². The van der Waals surface area contributed by atoms with Gasteiger partial charge < -0.3 is 10.6 Å². The third-order valence-corrected chi connectivity index (χ3v) is 4.87. The average molecular weight is 375 g/mol. The summed E-state index contributed by atoms with van der Waals surface area (Å²) in [6, 6.07) is 9.70. The first-order valence-corrected chi connectivity index (χ1v) is 9.02. The highest BCUT2D eigenvalue weighted by Gasteiger charge is 2.22. The Bertz CT molecular complexity index is 731. The zero-order chi connectivity index (χ0) is 17.6. The quantitative estimate of drug-likeness (QED) is 0.834. The van der Waals surface area contributed by atoms with Crippen LogP contribution in [0.2, 0.25) is 0 Å². The number of aryl methyl sites for hydroxylation is 1. The van der Waals surface area contributed by atoms with Gasteiger partial charge in [-0.15, -0.1) is 12.4 Å². The van der Waals surface area contributed by atoms with Gasteiger partial charge >= 0.3 is 0 Å². The Balaban J connectivity index is 0.00000243. The molecule has 1 amide bonds. The van der Waals surface area contributed by atoms with E-state index in [0.29, 0.717) is 18.3 Å². The van der Waals surface area contributed by atoms with Gasteiger partial charge in [-0.05, 0) is 62.9 Å². The first-order chi connectivity index (χ1) is 12.1. The van der Waals surface area contributed by atoms with Gasteiger partial charge in [-0.2, -0.15) is 0 Å². The lowest BCUT2D eigenvalue weighted by Gasteiger charge is -2.28. The Morgan fingerprint density at radius 3 is 2.96 bits per heavy atom. The van der Waals surface area contributed by atoms with Crippen LogP contribution >= 0.6 is 12.4 Å². The molecule has 140 valence electrons. The van der Waals surface area contributed by atoms with E-state index in [9.17, 15) is 4.79 Å². The van der Waals surface area contributed by atoms with E-state index in [1.807, 2.05) is 37.3 Å². The molecule has 5 nitrogen and oxygen atoms in total. The lowest BCUT2D eigenvalue weighted by Crippen LogP contribution is -2.34. The van der Waals surface area contributed by atoms with Crippen molar-refractivity contribution in [3.8, 4) is 11.3 Å². The second-order valence-electron chi connectivity index (χ2n) is 6.91. The number of carbonyl (C=O) groups is 1. The molecule has 1 aliphatic rings. The summed E-state index contributed by atoms with van der Waals surface area (Å²) in [7, 11) is 0. The molecule has 3 rings (SSSR count). The second-order valence-corrected chi connectivity index (χ2v) is 6.91. The topological polar surface area (TPSA) is 66.9 Å². The zero-order valence-corrected chi connectivity index (χ0v) is 16.2. The number of anilines is 1. The minimum absolute atomic E-state index is 0.